The number of amides is 1. The number of methoxy groups -OCH3 is 1. The van der Waals surface area contributed by atoms with Gasteiger partial charge in [-0.15, -0.1) is 0 Å². The minimum atomic E-state index is 0.255. The maximum Gasteiger partial charge on any atom is 0.223 e. The van der Waals surface area contributed by atoms with Gasteiger partial charge in [-0.1, -0.05) is 72.8 Å². The van der Waals surface area contributed by atoms with Crippen molar-refractivity contribution in [3.63, 3.8) is 0 Å². The van der Waals surface area contributed by atoms with Gasteiger partial charge in [-0.05, 0) is 24.1 Å². The summed E-state index contributed by atoms with van der Waals surface area (Å²) in [5.74, 6) is 1.10. The molecule has 160 valence electrons. The van der Waals surface area contributed by atoms with Crippen molar-refractivity contribution < 1.29 is 14.4 Å². The molecule has 1 saturated heterocycles. The van der Waals surface area contributed by atoms with E-state index in [2.05, 4.69) is 60.7 Å². The number of aryl methyl sites for hydroxylation is 1. The van der Waals surface area contributed by atoms with Gasteiger partial charge >= 0.3 is 0 Å². The number of carbonyl (C=O) groups is 1. The highest BCUT2D eigenvalue weighted by Gasteiger charge is 2.31. The van der Waals surface area contributed by atoms with Crippen molar-refractivity contribution in [2.24, 2.45) is 0 Å². The lowest BCUT2D eigenvalue weighted by molar-refractivity contribution is -0.929. The van der Waals surface area contributed by atoms with E-state index in [4.69, 9.17) is 4.74 Å². The van der Waals surface area contributed by atoms with E-state index in [9.17, 15) is 4.79 Å². The van der Waals surface area contributed by atoms with Crippen molar-refractivity contribution >= 4 is 5.91 Å². The van der Waals surface area contributed by atoms with Gasteiger partial charge < -0.3 is 14.5 Å². The molecule has 0 atom stereocenters. The third-order valence-corrected chi connectivity index (χ3v) is 6.22. The normalized spacial score (nSPS) is 14.6. The molecule has 1 heterocycles. The fourth-order valence-corrected chi connectivity index (χ4v) is 4.49. The number of ether oxygens (including phenoxy) is 1. The number of hydrogen-bond acceptors (Lipinski definition) is 2. The van der Waals surface area contributed by atoms with Crippen LogP contribution < -0.4 is 9.64 Å². The standard InChI is InChI=1S/C27H30N2O2/c1-31-25-15-12-22(13-16-25)14-17-26(30)28-18-20-29(21-19-28)27(23-8-4-2-5-9-23)24-10-6-3-7-11-24/h2-13,15-16,27H,14,17-21H2,1H3/p+1. The molecule has 1 N–H and O–H groups in total. The minimum absolute atomic E-state index is 0.255. The molecule has 1 amide bonds. The van der Waals surface area contributed by atoms with E-state index < -0.39 is 0 Å². The number of nitrogens with one attached hydrogen (secondary N) is 1. The lowest BCUT2D eigenvalue weighted by atomic mass is 9.96. The van der Waals surface area contributed by atoms with Crippen molar-refractivity contribution in [3.8, 4) is 5.75 Å². The van der Waals surface area contributed by atoms with Gasteiger partial charge in [0.15, 0.2) is 0 Å². The maximum absolute atomic E-state index is 12.8. The van der Waals surface area contributed by atoms with Gasteiger partial charge in [0, 0.05) is 17.5 Å². The van der Waals surface area contributed by atoms with E-state index in [-0.39, 0.29) is 5.91 Å². The lowest BCUT2D eigenvalue weighted by Crippen LogP contribution is -3.15. The van der Waals surface area contributed by atoms with Crippen LogP contribution in [-0.2, 0) is 11.2 Å². The zero-order chi connectivity index (χ0) is 21.5. The number of hydrogen-bond donors (Lipinski definition) is 1. The predicted molar refractivity (Wildman–Crippen MR) is 123 cm³/mol. The Bertz CT molecular complexity index is 910. The van der Waals surface area contributed by atoms with Crippen LogP contribution in [0.2, 0.25) is 0 Å². The molecule has 4 heteroatoms. The molecule has 0 aliphatic carbocycles. The first-order valence-corrected chi connectivity index (χ1v) is 11.1. The molecular formula is C27H31N2O2+. The highest BCUT2D eigenvalue weighted by molar-refractivity contribution is 5.76. The van der Waals surface area contributed by atoms with E-state index in [1.807, 2.05) is 29.2 Å². The second kappa shape index (κ2) is 10.3. The summed E-state index contributed by atoms with van der Waals surface area (Å²) >= 11 is 0. The van der Waals surface area contributed by atoms with E-state index in [1.165, 1.54) is 21.6 Å². The van der Waals surface area contributed by atoms with Crippen molar-refractivity contribution in [1.29, 1.82) is 0 Å². The average molecular weight is 416 g/mol. The Morgan fingerprint density at radius 1 is 0.871 bits per heavy atom. The molecule has 3 aromatic rings. The molecule has 0 radical (unpaired) electrons. The zero-order valence-electron chi connectivity index (χ0n) is 18.2. The van der Waals surface area contributed by atoms with Crippen LogP contribution in [0.1, 0.15) is 29.2 Å². The number of rotatable bonds is 7. The Hall–Kier alpha value is -3.11. The van der Waals surface area contributed by atoms with Crippen molar-refractivity contribution in [2.75, 3.05) is 33.3 Å². The van der Waals surface area contributed by atoms with Gasteiger partial charge in [-0.2, -0.15) is 0 Å². The highest BCUT2D eigenvalue weighted by atomic mass is 16.5. The quantitative estimate of drug-likeness (QED) is 0.643. The second-order valence-electron chi connectivity index (χ2n) is 8.14. The third-order valence-electron chi connectivity index (χ3n) is 6.22. The summed E-state index contributed by atoms with van der Waals surface area (Å²) in [5.41, 5.74) is 3.84. The molecule has 31 heavy (non-hydrogen) atoms. The molecule has 1 aliphatic rings. The maximum atomic E-state index is 12.8. The first-order chi connectivity index (χ1) is 15.2. The summed E-state index contributed by atoms with van der Waals surface area (Å²) in [7, 11) is 1.67. The first kappa shape index (κ1) is 21.1. The van der Waals surface area contributed by atoms with Crippen molar-refractivity contribution in [1.82, 2.24) is 4.90 Å². The Morgan fingerprint density at radius 3 is 1.94 bits per heavy atom. The van der Waals surface area contributed by atoms with Crippen LogP contribution in [0.15, 0.2) is 84.9 Å². The number of quaternary nitrogens is 1. The van der Waals surface area contributed by atoms with E-state index >= 15 is 0 Å². The van der Waals surface area contributed by atoms with Crippen LogP contribution >= 0.6 is 0 Å². The van der Waals surface area contributed by atoms with Gasteiger partial charge in [0.05, 0.1) is 33.3 Å². The largest absolute Gasteiger partial charge is 0.497 e. The fourth-order valence-electron chi connectivity index (χ4n) is 4.49. The molecule has 1 aliphatic heterocycles. The van der Waals surface area contributed by atoms with Crippen LogP contribution in [0.5, 0.6) is 5.75 Å². The smallest absolute Gasteiger partial charge is 0.223 e. The SMILES string of the molecule is COc1ccc(CCC(=O)N2CC[NH+](C(c3ccccc3)c3ccccc3)CC2)cc1. The van der Waals surface area contributed by atoms with Crippen molar-refractivity contribution in [3.05, 3.63) is 102 Å². The fraction of sp³-hybridized carbons (Fsp3) is 0.296. The van der Waals surface area contributed by atoms with Crippen LogP contribution in [0.4, 0.5) is 0 Å². The molecule has 0 aromatic heterocycles. The summed E-state index contributed by atoms with van der Waals surface area (Å²) in [6, 6.07) is 29.8. The number of carbonyl (C=O) groups excluding carboxylic acids is 1. The van der Waals surface area contributed by atoms with Gasteiger partial charge in [-0.25, -0.2) is 0 Å². The molecule has 3 aromatic carbocycles. The van der Waals surface area contributed by atoms with Gasteiger partial charge in [0.25, 0.3) is 0 Å². The molecule has 0 unspecified atom stereocenters. The van der Waals surface area contributed by atoms with E-state index in [0.717, 1.165) is 38.3 Å². The number of piperazine rings is 1. The second-order valence-corrected chi connectivity index (χ2v) is 8.14. The molecule has 1 fully saturated rings. The molecule has 4 rings (SSSR count). The van der Waals surface area contributed by atoms with E-state index in [0.29, 0.717) is 12.5 Å². The summed E-state index contributed by atoms with van der Waals surface area (Å²) in [5, 5.41) is 0. The van der Waals surface area contributed by atoms with Crippen LogP contribution in [-0.4, -0.2) is 44.1 Å². The van der Waals surface area contributed by atoms with Gasteiger partial charge in [-0.3, -0.25) is 4.79 Å². The minimum Gasteiger partial charge on any atom is -0.497 e. The summed E-state index contributed by atoms with van der Waals surface area (Å²) in [6.07, 6.45) is 1.33. The van der Waals surface area contributed by atoms with Gasteiger partial charge in [0.2, 0.25) is 5.91 Å². The third kappa shape index (κ3) is 5.33. The topological polar surface area (TPSA) is 34.0 Å². The number of nitrogens with zero attached hydrogens (tertiary/aromatic N) is 1. The van der Waals surface area contributed by atoms with Crippen molar-refractivity contribution in [2.45, 2.75) is 18.9 Å². The predicted octanol–water partition coefficient (Wildman–Crippen LogP) is 3.14. The number of benzene rings is 3. The molecule has 4 nitrogen and oxygen atoms in total. The molecule has 0 saturated carbocycles. The van der Waals surface area contributed by atoms with Crippen LogP contribution in [0.25, 0.3) is 0 Å². The summed E-state index contributed by atoms with van der Waals surface area (Å²) < 4.78 is 5.21. The van der Waals surface area contributed by atoms with Gasteiger partial charge in [0.1, 0.15) is 11.8 Å². The monoisotopic (exact) mass is 415 g/mol. The van der Waals surface area contributed by atoms with Crippen LogP contribution in [0, 0.1) is 0 Å². The lowest BCUT2D eigenvalue weighted by Gasteiger charge is -2.37. The van der Waals surface area contributed by atoms with Crippen LogP contribution in [0.3, 0.4) is 0 Å². The molecule has 0 spiro atoms. The highest BCUT2D eigenvalue weighted by Crippen LogP contribution is 2.19. The Kier molecular flexibility index (Phi) is 7.00. The average Bonchev–Trinajstić information content (AvgIpc) is 2.85. The Balaban J connectivity index is 1.36. The summed E-state index contributed by atoms with van der Waals surface area (Å²) in [4.78, 5) is 16.4. The first-order valence-electron chi connectivity index (χ1n) is 11.1. The molecular weight excluding hydrogens is 384 g/mol. The molecule has 0 bridgehead atoms. The summed E-state index contributed by atoms with van der Waals surface area (Å²) in [6.45, 7) is 3.55. The zero-order valence-corrected chi connectivity index (χ0v) is 18.2. The van der Waals surface area contributed by atoms with E-state index in [1.54, 1.807) is 7.11 Å². The Labute approximate surface area is 185 Å². The Morgan fingerprint density at radius 2 is 1.42 bits per heavy atom.